The number of hydrogen-bond acceptors (Lipinski definition) is 10. The first kappa shape index (κ1) is 24.1. The molecule has 0 bridgehead atoms. The van der Waals surface area contributed by atoms with Gasteiger partial charge in [0.15, 0.2) is 5.82 Å². The molecule has 0 saturated carbocycles. The molecule has 0 aromatic rings. The summed E-state index contributed by atoms with van der Waals surface area (Å²) >= 11 is 0. The van der Waals surface area contributed by atoms with Crippen LogP contribution in [0.25, 0.3) is 0 Å². The molecule has 1 rings (SSSR count). The highest BCUT2D eigenvalue weighted by molar-refractivity contribution is 5.97. The van der Waals surface area contributed by atoms with Gasteiger partial charge in [0.25, 0.3) is 0 Å². The van der Waals surface area contributed by atoms with Crippen molar-refractivity contribution >= 4 is 11.8 Å². The SMILES string of the molecule is CCN(COC)/C1=N/C(N(COC)C(C)O)=N\C(N(C(C)O)C(C)O)=C=CC1. The number of guanidine groups is 1. The highest BCUT2D eigenvalue weighted by Crippen LogP contribution is 2.17. The van der Waals surface area contributed by atoms with Gasteiger partial charge in [0.1, 0.15) is 38.0 Å². The van der Waals surface area contributed by atoms with Gasteiger partial charge in [0.05, 0.1) is 0 Å². The number of aliphatic hydroxyl groups excluding tert-OH is 3. The van der Waals surface area contributed by atoms with Gasteiger partial charge in [-0.1, -0.05) is 5.73 Å². The molecule has 3 N–H and O–H groups in total. The standard InChI is InChI=1S/C18H33N5O5/c1-7-21(11-27-5)16-9-8-10-17(23(14(3)25)15(4)26)20-18(19-16)22(12-28-6)13(2)24/h8,13-15,24-26H,7,9,11-12H2,1-6H3/b19-16+,20-18+. The first-order valence-corrected chi connectivity index (χ1v) is 9.20. The number of aliphatic hydroxyl groups is 3. The number of ether oxygens (including phenoxy) is 2. The van der Waals surface area contributed by atoms with Gasteiger partial charge in [-0.3, -0.25) is 9.80 Å². The van der Waals surface area contributed by atoms with Crippen molar-refractivity contribution < 1.29 is 24.8 Å². The number of nitrogens with zero attached hydrogens (tertiary/aromatic N) is 5. The summed E-state index contributed by atoms with van der Waals surface area (Å²) in [6, 6.07) is 0. The second-order valence-corrected chi connectivity index (χ2v) is 6.28. The molecule has 0 radical (unpaired) electrons. The predicted octanol–water partition coefficient (Wildman–Crippen LogP) is 0.290. The molecule has 0 saturated heterocycles. The van der Waals surface area contributed by atoms with Gasteiger partial charge in [-0.05, 0) is 33.8 Å². The largest absolute Gasteiger partial charge is 0.374 e. The predicted molar refractivity (Wildman–Crippen MR) is 106 cm³/mol. The van der Waals surface area contributed by atoms with E-state index in [9.17, 15) is 15.3 Å². The molecule has 0 fully saturated rings. The third-order valence-corrected chi connectivity index (χ3v) is 4.01. The van der Waals surface area contributed by atoms with Crippen LogP contribution in [0.1, 0.15) is 34.1 Å². The summed E-state index contributed by atoms with van der Waals surface area (Å²) < 4.78 is 10.4. The van der Waals surface area contributed by atoms with Crippen molar-refractivity contribution in [2.45, 2.75) is 52.8 Å². The lowest BCUT2D eigenvalue weighted by atomic mass is 10.3. The molecular formula is C18H33N5O5. The van der Waals surface area contributed by atoms with Crippen LogP contribution in [0.2, 0.25) is 0 Å². The number of methoxy groups -OCH3 is 2. The molecule has 1 heterocycles. The topological polar surface area (TPSA) is 114 Å². The number of rotatable bonds is 9. The van der Waals surface area contributed by atoms with Crippen LogP contribution in [0.5, 0.6) is 0 Å². The van der Waals surface area contributed by atoms with Crippen LogP contribution in [-0.4, -0.2) is 94.7 Å². The Morgan fingerprint density at radius 2 is 1.64 bits per heavy atom. The van der Waals surface area contributed by atoms with Crippen molar-refractivity contribution in [3.05, 3.63) is 17.6 Å². The molecule has 0 aliphatic carbocycles. The highest BCUT2D eigenvalue weighted by atomic mass is 16.5. The molecule has 10 nitrogen and oxygen atoms in total. The Bertz CT molecular complexity index is 603. The van der Waals surface area contributed by atoms with E-state index in [2.05, 4.69) is 15.7 Å². The molecule has 28 heavy (non-hydrogen) atoms. The van der Waals surface area contributed by atoms with E-state index in [4.69, 9.17) is 9.47 Å². The average molecular weight is 399 g/mol. The monoisotopic (exact) mass is 399 g/mol. The maximum atomic E-state index is 10.2. The fourth-order valence-electron chi connectivity index (χ4n) is 2.65. The maximum absolute atomic E-state index is 10.2. The van der Waals surface area contributed by atoms with Crippen LogP contribution >= 0.6 is 0 Å². The van der Waals surface area contributed by atoms with Crippen molar-refractivity contribution in [2.24, 2.45) is 9.98 Å². The molecule has 3 atom stereocenters. The molecule has 0 spiro atoms. The van der Waals surface area contributed by atoms with Gasteiger partial charge < -0.3 is 29.7 Å². The van der Waals surface area contributed by atoms with E-state index in [1.807, 2.05) is 11.8 Å². The van der Waals surface area contributed by atoms with E-state index in [1.54, 1.807) is 20.1 Å². The van der Waals surface area contributed by atoms with E-state index in [0.29, 0.717) is 25.5 Å². The van der Waals surface area contributed by atoms with Gasteiger partial charge in [-0.25, -0.2) is 0 Å². The summed E-state index contributed by atoms with van der Waals surface area (Å²) in [5.41, 5.74) is 3.01. The number of hydrogen-bond donors (Lipinski definition) is 3. The lowest BCUT2D eigenvalue weighted by molar-refractivity contribution is -0.0611. The van der Waals surface area contributed by atoms with Gasteiger partial charge in [0, 0.05) is 27.2 Å². The zero-order chi connectivity index (χ0) is 21.3. The average Bonchev–Trinajstić information content (AvgIpc) is 2.59. The van der Waals surface area contributed by atoms with E-state index < -0.39 is 18.7 Å². The molecule has 3 unspecified atom stereocenters. The first-order chi connectivity index (χ1) is 13.3. The summed E-state index contributed by atoms with van der Waals surface area (Å²) in [7, 11) is 3.10. The minimum atomic E-state index is -1.01. The van der Waals surface area contributed by atoms with Crippen LogP contribution in [0.4, 0.5) is 0 Å². The fourth-order valence-corrected chi connectivity index (χ4v) is 2.65. The lowest BCUT2D eigenvalue weighted by Crippen LogP contribution is -2.43. The zero-order valence-electron chi connectivity index (χ0n) is 17.5. The first-order valence-electron chi connectivity index (χ1n) is 9.20. The Labute approximate surface area is 166 Å². The Morgan fingerprint density at radius 1 is 1.04 bits per heavy atom. The quantitative estimate of drug-likeness (QED) is 0.375. The van der Waals surface area contributed by atoms with Crippen molar-refractivity contribution in [2.75, 3.05) is 34.2 Å². The molecule has 160 valence electrons. The Kier molecular flexibility index (Phi) is 10.2. The summed E-state index contributed by atoms with van der Waals surface area (Å²) in [6.45, 7) is 7.64. The highest BCUT2D eigenvalue weighted by Gasteiger charge is 2.24. The second kappa shape index (κ2) is 11.8. The van der Waals surface area contributed by atoms with E-state index in [-0.39, 0.29) is 18.5 Å². The molecule has 10 heteroatoms. The second-order valence-electron chi connectivity index (χ2n) is 6.28. The van der Waals surface area contributed by atoms with E-state index >= 15 is 0 Å². The molecule has 0 aromatic heterocycles. The summed E-state index contributed by atoms with van der Waals surface area (Å²) in [5.74, 6) is 1.04. The van der Waals surface area contributed by atoms with Gasteiger partial charge in [-0.15, -0.1) is 0 Å². The normalized spacial score (nSPS) is 21.2. The Morgan fingerprint density at radius 3 is 2.11 bits per heavy atom. The van der Waals surface area contributed by atoms with E-state index in [1.165, 1.54) is 30.8 Å². The van der Waals surface area contributed by atoms with Gasteiger partial charge in [-0.2, -0.15) is 9.98 Å². The fraction of sp³-hybridized carbons (Fsp3) is 0.722. The molecule has 0 amide bonds. The third-order valence-electron chi connectivity index (χ3n) is 4.01. The molecule has 1 aliphatic heterocycles. The lowest BCUT2D eigenvalue weighted by Gasteiger charge is -2.32. The minimum absolute atomic E-state index is 0.0457. The Balaban J connectivity index is 3.51. The van der Waals surface area contributed by atoms with E-state index in [0.717, 1.165) is 0 Å². The number of amidine groups is 1. The summed E-state index contributed by atoms with van der Waals surface area (Å²) in [5, 5.41) is 30.3. The summed E-state index contributed by atoms with van der Waals surface area (Å²) in [4.78, 5) is 13.8. The van der Waals surface area contributed by atoms with Crippen molar-refractivity contribution in [1.29, 1.82) is 0 Å². The number of aliphatic imine (C=N–C) groups is 2. The summed E-state index contributed by atoms with van der Waals surface area (Å²) in [6.07, 6.45) is -0.794. The van der Waals surface area contributed by atoms with Crippen LogP contribution < -0.4 is 0 Å². The van der Waals surface area contributed by atoms with Crippen molar-refractivity contribution in [3.8, 4) is 0 Å². The Hall–Kier alpha value is -1.94. The van der Waals surface area contributed by atoms with Gasteiger partial charge >= 0.3 is 0 Å². The maximum Gasteiger partial charge on any atom is 0.233 e. The van der Waals surface area contributed by atoms with Gasteiger partial charge in [0.2, 0.25) is 5.96 Å². The minimum Gasteiger partial charge on any atom is -0.374 e. The van der Waals surface area contributed by atoms with Crippen LogP contribution in [0.3, 0.4) is 0 Å². The smallest absolute Gasteiger partial charge is 0.233 e. The third kappa shape index (κ3) is 6.59. The zero-order valence-corrected chi connectivity index (χ0v) is 17.5. The van der Waals surface area contributed by atoms with Crippen molar-refractivity contribution in [3.63, 3.8) is 0 Å². The molecule has 0 aromatic carbocycles. The molecular weight excluding hydrogens is 366 g/mol. The molecule has 1 aliphatic rings. The van der Waals surface area contributed by atoms with Crippen molar-refractivity contribution in [1.82, 2.24) is 14.7 Å². The van der Waals surface area contributed by atoms with Crippen LogP contribution in [0.15, 0.2) is 27.6 Å². The van der Waals surface area contributed by atoms with Crippen LogP contribution in [-0.2, 0) is 9.47 Å². The van der Waals surface area contributed by atoms with Crippen LogP contribution in [0, 0.1) is 0 Å².